The molecule has 4 heteroatoms. The lowest BCUT2D eigenvalue weighted by Crippen LogP contribution is -2.15. The highest BCUT2D eigenvalue weighted by atomic mass is 16.1. The second-order valence-electron chi connectivity index (χ2n) is 2.87. The Morgan fingerprint density at radius 2 is 1.86 bits per heavy atom. The Bertz CT molecular complexity index is 400. The number of carbonyl (C=O) groups excluding carboxylic acids is 3. The van der Waals surface area contributed by atoms with E-state index in [1.165, 1.54) is 32.1 Å². The Morgan fingerprint density at radius 3 is 2.36 bits per heavy atom. The molecule has 0 heterocycles. The van der Waals surface area contributed by atoms with E-state index in [2.05, 4.69) is 4.99 Å². The summed E-state index contributed by atoms with van der Waals surface area (Å²) in [7, 11) is 0. The molecule has 14 heavy (non-hydrogen) atoms. The van der Waals surface area contributed by atoms with Gasteiger partial charge in [-0.05, 0) is 25.2 Å². The monoisotopic (exact) mass is 191 g/mol. The third-order valence-corrected chi connectivity index (χ3v) is 1.63. The molecular weight excluding hydrogens is 182 g/mol. The minimum Gasteiger partial charge on any atom is -0.294 e. The van der Waals surface area contributed by atoms with Crippen molar-refractivity contribution in [2.24, 2.45) is 4.99 Å². The van der Waals surface area contributed by atoms with Gasteiger partial charge in [-0.15, -0.1) is 0 Å². The zero-order valence-electron chi connectivity index (χ0n) is 7.90. The van der Waals surface area contributed by atoms with Crippen molar-refractivity contribution in [2.45, 2.75) is 13.8 Å². The molecule has 0 spiro atoms. The fourth-order valence-corrected chi connectivity index (χ4v) is 1.06. The number of nitrogens with zero attached hydrogens (tertiary/aromatic N) is 1. The number of carbonyl (C=O) groups is 3. The van der Waals surface area contributed by atoms with Gasteiger partial charge in [0.1, 0.15) is 0 Å². The molecule has 1 rings (SSSR count). The predicted octanol–water partition coefficient (Wildman–Crippen LogP) is 0.628. The van der Waals surface area contributed by atoms with E-state index in [9.17, 15) is 14.4 Å². The van der Waals surface area contributed by atoms with Crippen LogP contribution in [0.1, 0.15) is 13.8 Å². The maximum atomic E-state index is 11.1. The number of ketones is 2. The molecule has 0 bridgehead atoms. The van der Waals surface area contributed by atoms with Crippen LogP contribution >= 0.6 is 0 Å². The zero-order valence-corrected chi connectivity index (χ0v) is 7.90. The Labute approximate surface area is 81.0 Å². The van der Waals surface area contributed by atoms with Crippen LogP contribution in [-0.4, -0.2) is 23.2 Å². The molecule has 1 aliphatic carbocycles. The molecule has 0 saturated heterocycles. The predicted molar refractivity (Wildman–Crippen MR) is 51.0 cm³/mol. The van der Waals surface area contributed by atoms with E-state index in [0.29, 0.717) is 0 Å². The first-order valence-electron chi connectivity index (χ1n) is 4.05. The minimum absolute atomic E-state index is 0.188. The fraction of sp³-hybridized carbons (Fsp3) is 0.200. The van der Waals surface area contributed by atoms with Crippen LogP contribution in [0.2, 0.25) is 0 Å². The van der Waals surface area contributed by atoms with Gasteiger partial charge in [-0.3, -0.25) is 14.4 Å². The Balaban J connectivity index is 3.14. The number of rotatable bonds is 1. The van der Waals surface area contributed by atoms with Gasteiger partial charge in [0.2, 0.25) is 5.91 Å². The van der Waals surface area contributed by atoms with Gasteiger partial charge in [0.05, 0.1) is 5.71 Å². The maximum absolute atomic E-state index is 11.1. The van der Waals surface area contributed by atoms with Gasteiger partial charge in [-0.25, -0.2) is 4.99 Å². The number of amides is 1. The van der Waals surface area contributed by atoms with E-state index in [4.69, 9.17) is 0 Å². The molecule has 4 nitrogen and oxygen atoms in total. The normalized spacial score (nSPS) is 18.3. The molecule has 0 fully saturated rings. The van der Waals surface area contributed by atoms with Crippen molar-refractivity contribution in [1.29, 1.82) is 0 Å². The highest BCUT2D eigenvalue weighted by Gasteiger charge is 2.15. The lowest BCUT2D eigenvalue weighted by atomic mass is 10.00. The molecule has 1 aliphatic rings. The van der Waals surface area contributed by atoms with Crippen LogP contribution in [0.3, 0.4) is 0 Å². The summed E-state index contributed by atoms with van der Waals surface area (Å²) in [4.78, 5) is 36.4. The molecule has 0 radical (unpaired) electrons. The van der Waals surface area contributed by atoms with Crippen molar-refractivity contribution in [3.8, 4) is 0 Å². The molecule has 0 aromatic heterocycles. The summed E-state index contributed by atoms with van der Waals surface area (Å²) in [5, 5.41) is 0. The standard InChI is InChI=1S/C10H9NO3/c1-6(12)9-5-8(14)3-4-10(9)11-7(2)13/h3-5H,1-2H3. The van der Waals surface area contributed by atoms with Gasteiger partial charge < -0.3 is 0 Å². The van der Waals surface area contributed by atoms with Crippen LogP contribution in [0, 0.1) is 0 Å². The van der Waals surface area contributed by atoms with Crippen LogP contribution < -0.4 is 0 Å². The molecule has 0 unspecified atom stereocenters. The summed E-state index contributed by atoms with van der Waals surface area (Å²) < 4.78 is 0. The van der Waals surface area contributed by atoms with E-state index >= 15 is 0 Å². The number of allylic oxidation sites excluding steroid dienone is 4. The minimum atomic E-state index is -0.397. The summed E-state index contributed by atoms with van der Waals surface area (Å²) in [5.41, 5.74) is 0.442. The van der Waals surface area contributed by atoms with Gasteiger partial charge in [0.25, 0.3) is 0 Å². The molecule has 0 N–H and O–H groups in total. The average Bonchev–Trinajstić information content (AvgIpc) is 2.07. The summed E-state index contributed by atoms with van der Waals surface area (Å²) in [6, 6.07) is 0. The van der Waals surface area contributed by atoms with Crippen molar-refractivity contribution in [2.75, 3.05) is 0 Å². The summed E-state index contributed by atoms with van der Waals surface area (Å²) in [6.45, 7) is 2.61. The first-order chi connectivity index (χ1) is 6.50. The first kappa shape index (κ1) is 10.2. The highest BCUT2D eigenvalue weighted by Crippen LogP contribution is 2.08. The lowest BCUT2D eigenvalue weighted by molar-refractivity contribution is -0.115. The number of Topliss-reactive ketones (excluding diaryl/α,β-unsaturated/α-hetero) is 1. The van der Waals surface area contributed by atoms with E-state index in [1.54, 1.807) is 0 Å². The molecule has 0 saturated carbocycles. The number of hydrogen-bond acceptors (Lipinski definition) is 3. The number of hydrogen-bond donors (Lipinski definition) is 0. The second kappa shape index (κ2) is 3.91. The van der Waals surface area contributed by atoms with Gasteiger partial charge in [0, 0.05) is 12.5 Å². The molecule has 0 aromatic carbocycles. The third kappa shape index (κ3) is 2.32. The zero-order chi connectivity index (χ0) is 10.7. The quantitative estimate of drug-likeness (QED) is 0.571. The molecule has 72 valence electrons. The van der Waals surface area contributed by atoms with E-state index in [-0.39, 0.29) is 22.9 Å². The third-order valence-electron chi connectivity index (χ3n) is 1.63. The summed E-state index contributed by atoms with van der Waals surface area (Å²) >= 11 is 0. The molecule has 1 amide bonds. The van der Waals surface area contributed by atoms with E-state index in [1.807, 2.05) is 0 Å². The molecule has 0 aromatic rings. The van der Waals surface area contributed by atoms with Crippen LogP contribution in [-0.2, 0) is 14.4 Å². The lowest BCUT2D eigenvalue weighted by Gasteiger charge is -2.05. The highest BCUT2D eigenvalue weighted by molar-refractivity contribution is 6.33. The smallest absolute Gasteiger partial charge is 0.243 e. The topological polar surface area (TPSA) is 63.6 Å². The van der Waals surface area contributed by atoms with E-state index < -0.39 is 5.91 Å². The van der Waals surface area contributed by atoms with Crippen LogP contribution in [0.4, 0.5) is 0 Å². The summed E-state index contributed by atoms with van der Waals surface area (Å²) in [5.74, 6) is -0.938. The number of aliphatic imine (C=N–C) groups is 1. The molecule has 0 aliphatic heterocycles. The van der Waals surface area contributed by atoms with Gasteiger partial charge >= 0.3 is 0 Å². The summed E-state index contributed by atoms with van der Waals surface area (Å²) in [6.07, 6.45) is 3.83. The van der Waals surface area contributed by atoms with Crippen molar-refractivity contribution < 1.29 is 14.4 Å². The molecular formula is C10H9NO3. The van der Waals surface area contributed by atoms with Gasteiger partial charge in [-0.1, -0.05) is 0 Å². The van der Waals surface area contributed by atoms with Crippen molar-refractivity contribution in [3.63, 3.8) is 0 Å². The van der Waals surface area contributed by atoms with Crippen LogP contribution in [0.5, 0.6) is 0 Å². The van der Waals surface area contributed by atoms with Crippen LogP contribution in [0.15, 0.2) is 28.8 Å². The SMILES string of the molecule is CC(=O)N=C1C=CC(=O)C=C1C(C)=O. The Hall–Kier alpha value is -1.84. The fourth-order valence-electron chi connectivity index (χ4n) is 1.06. The first-order valence-corrected chi connectivity index (χ1v) is 4.05. The van der Waals surface area contributed by atoms with Crippen molar-refractivity contribution in [3.05, 3.63) is 23.8 Å². The second-order valence-corrected chi connectivity index (χ2v) is 2.87. The maximum Gasteiger partial charge on any atom is 0.243 e. The van der Waals surface area contributed by atoms with Crippen LogP contribution in [0.25, 0.3) is 0 Å². The van der Waals surface area contributed by atoms with Crippen molar-refractivity contribution >= 4 is 23.2 Å². The average molecular weight is 191 g/mol. The van der Waals surface area contributed by atoms with Gasteiger partial charge in [-0.2, -0.15) is 0 Å². The van der Waals surface area contributed by atoms with Gasteiger partial charge in [0.15, 0.2) is 11.6 Å². The van der Waals surface area contributed by atoms with E-state index in [0.717, 1.165) is 0 Å². The van der Waals surface area contributed by atoms with Crippen molar-refractivity contribution in [1.82, 2.24) is 0 Å². The Morgan fingerprint density at radius 1 is 1.21 bits per heavy atom. The Kier molecular flexibility index (Phi) is 2.86. The molecule has 0 atom stereocenters. The largest absolute Gasteiger partial charge is 0.294 e.